The van der Waals surface area contributed by atoms with Crippen LogP contribution in [-0.4, -0.2) is 44.0 Å². The number of aliphatic hydroxyl groups is 1. The van der Waals surface area contributed by atoms with Crippen LogP contribution in [0.15, 0.2) is 0 Å². The molecule has 0 radical (unpaired) electrons. The molecule has 0 saturated heterocycles. The van der Waals surface area contributed by atoms with Gasteiger partial charge < -0.3 is 20.3 Å². The third kappa shape index (κ3) is 4.72. The number of carbonyl (C=O) groups is 1. The van der Waals surface area contributed by atoms with Gasteiger partial charge >= 0.3 is 5.97 Å². The van der Waals surface area contributed by atoms with Crippen LogP contribution in [0.25, 0.3) is 0 Å². The van der Waals surface area contributed by atoms with E-state index in [2.05, 4.69) is 9.47 Å². The van der Waals surface area contributed by atoms with Crippen LogP contribution in [-0.2, 0) is 14.3 Å². The summed E-state index contributed by atoms with van der Waals surface area (Å²) >= 11 is 0. The first kappa shape index (κ1) is 10.3. The predicted octanol–water partition coefficient (Wildman–Crippen LogP) is -1.50. The van der Waals surface area contributed by atoms with E-state index in [0.29, 0.717) is 6.61 Å². The van der Waals surface area contributed by atoms with Gasteiger partial charge in [-0.25, -0.2) is 4.79 Å². The molecule has 0 aromatic carbocycles. The van der Waals surface area contributed by atoms with Gasteiger partial charge in [0, 0.05) is 13.7 Å². The maximum absolute atomic E-state index is 10.6. The van der Waals surface area contributed by atoms with Crippen LogP contribution in [0.3, 0.4) is 0 Å². The quantitative estimate of drug-likeness (QED) is 0.380. The van der Waals surface area contributed by atoms with Gasteiger partial charge in [-0.1, -0.05) is 0 Å². The third-order valence-electron chi connectivity index (χ3n) is 1.03. The van der Waals surface area contributed by atoms with Crippen LogP contribution < -0.4 is 5.73 Å². The Morgan fingerprint density at radius 3 is 2.73 bits per heavy atom. The molecule has 1 atom stereocenters. The first-order chi connectivity index (χ1) is 5.22. The van der Waals surface area contributed by atoms with E-state index >= 15 is 0 Å². The van der Waals surface area contributed by atoms with E-state index in [1.807, 2.05) is 0 Å². The fourth-order valence-electron chi connectivity index (χ4n) is 0.418. The summed E-state index contributed by atoms with van der Waals surface area (Å²) in [4.78, 5) is 10.6. The lowest BCUT2D eigenvalue weighted by Crippen LogP contribution is -2.31. The van der Waals surface area contributed by atoms with Crippen LogP contribution in [0.1, 0.15) is 0 Å². The molecule has 0 spiro atoms. The van der Waals surface area contributed by atoms with E-state index in [4.69, 9.17) is 10.8 Å². The number of carbonyl (C=O) groups excluding carboxylic acids is 1. The standard InChI is InChI=1S/C6H13NO4/c1-10-2-3-11-6(9)5(8)4-7/h5,8H,2-4,7H2,1H3. The van der Waals surface area contributed by atoms with Gasteiger partial charge in [-0.3, -0.25) is 0 Å². The maximum Gasteiger partial charge on any atom is 0.336 e. The topological polar surface area (TPSA) is 81.8 Å². The minimum absolute atomic E-state index is 0.119. The van der Waals surface area contributed by atoms with Gasteiger partial charge in [0.1, 0.15) is 6.61 Å². The van der Waals surface area contributed by atoms with Crippen LogP contribution in [0, 0.1) is 0 Å². The van der Waals surface area contributed by atoms with Crippen molar-refractivity contribution in [3.8, 4) is 0 Å². The fraction of sp³-hybridized carbons (Fsp3) is 0.833. The summed E-state index contributed by atoms with van der Waals surface area (Å²) in [5.41, 5.74) is 5.00. The highest BCUT2D eigenvalue weighted by Gasteiger charge is 2.13. The minimum Gasteiger partial charge on any atom is -0.461 e. The Bertz CT molecular complexity index is 117. The Labute approximate surface area is 65.1 Å². The highest BCUT2D eigenvalue weighted by Crippen LogP contribution is 1.85. The van der Waals surface area contributed by atoms with Gasteiger partial charge in [-0.15, -0.1) is 0 Å². The minimum atomic E-state index is -1.22. The zero-order chi connectivity index (χ0) is 8.69. The van der Waals surface area contributed by atoms with Gasteiger partial charge in [0.25, 0.3) is 0 Å². The second-order valence-corrected chi connectivity index (χ2v) is 1.91. The van der Waals surface area contributed by atoms with Crippen LogP contribution in [0.4, 0.5) is 0 Å². The number of rotatable bonds is 5. The van der Waals surface area contributed by atoms with E-state index in [0.717, 1.165) is 0 Å². The smallest absolute Gasteiger partial charge is 0.336 e. The van der Waals surface area contributed by atoms with Crippen molar-refractivity contribution in [3.05, 3.63) is 0 Å². The van der Waals surface area contributed by atoms with Crippen molar-refractivity contribution in [2.24, 2.45) is 5.73 Å². The number of ether oxygens (including phenoxy) is 2. The summed E-state index contributed by atoms with van der Waals surface area (Å²) in [5, 5.41) is 8.79. The fourth-order valence-corrected chi connectivity index (χ4v) is 0.418. The molecule has 0 saturated carbocycles. The molecule has 0 aromatic rings. The van der Waals surface area contributed by atoms with E-state index in [1.165, 1.54) is 7.11 Å². The normalized spacial score (nSPS) is 12.6. The molecule has 5 heteroatoms. The van der Waals surface area contributed by atoms with Crippen molar-refractivity contribution < 1.29 is 19.4 Å². The first-order valence-corrected chi connectivity index (χ1v) is 3.26. The third-order valence-corrected chi connectivity index (χ3v) is 1.03. The number of nitrogens with two attached hydrogens (primary N) is 1. The lowest BCUT2D eigenvalue weighted by atomic mass is 10.4. The molecule has 66 valence electrons. The van der Waals surface area contributed by atoms with E-state index < -0.39 is 12.1 Å². The first-order valence-electron chi connectivity index (χ1n) is 3.26. The number of methoxy groups -OCH3 is 1. The highest BCUT2D eigenvalue weighted by molar-refractivity contribution is 5.74. The van der Waals surface area contributed by atoms with Crippen molar-refractivity contribution in [1.29, 1.82) is 0 Å². The van der Waals surface area contributed by atoms with E-state index in [-0.39, 0.29) is 13.2 Å². The largest absolute Gasteiger partial charge is 0.461 e. The van der Waals surface area contributed by atoms with Crippen LogP contribution >= 0.6 is 0 Å². The molecule has 0 heterocycles. The molecule has 0 aromatic heterocycles. The van der Waals surface area contributed by atoms with Crippen molar-refractivity contribution in [3.63, 3.8) is 0 Å². The molecule has 0 rings (SSSR count). The summed E-state index contributed by atoms with van der Waals surface area (Å²) in [6.45, 7) is 0.348. The van der Waals surface area contributed by atoms with Crippen LogP contribution in [0.2, 0.25) is 0 Å². The number of aliphatic hydroxyl groups excluding tert-OH is 1. The van der Waals surface area contributed by atoms with E-state index in [9.17, 15) is 4.79 Å². The molecule has 5 nitrogen and oxygen atoms in total. The predicted molar refractivity (Wildman–Crippen MR) is 37.9 cm³/mol. The second kappa shape index (κ2) is 6.09. The summed E-state index contributed by atoms with van der Waals surface area (Å²) in [7, 11) is 1.49. The average Bonchev–Trinajstić information content (AvgIpc) is 2.03. The molecule has 1 unspecified atom stereocenters. The van der Waals surface area contributed by atoms with Gasteiger partial charge in [0.2, 0.25) is 0 Å². The molecule has 11 heavy (non-hydrogen) atoms. The Morgan fingerprint density at radius 2 is 2.27 bits per heavy atom. The summed E-state index contributed by atoms with van der Waals surface area (Å²) in [6.07, 6.45) is -1.22. The summed E-state index contributed by atoms with van der Waals surface area (Å²) < 4.78 is 9.16. The van der Waals surface area contributed by atoms with Crippen molar-refractivity contribution in [2.75, 3.05) is 26.9 Å². The average molecular weight is 163 g/mol. The molecule has 0 aliphatic heterocycles. The SMILES string of the molecule is COCCOC(=O)C(O)CN. The molecular formula is C6H13NO4. The molecule has 3 N–H and O–H groups in total. The zero-order valence-corrected chi connectivity index (χ0v) is 6.45. The number of hydrogen-bond donors (Lipinski definition) is 2. The Hall–Kier alpha value is -0.650. The molecule has 0 aliphatic carbocycles. The van der Waals surface area contributed by atoms with Crippen molar-refractivity contribution in [1.82, 2.24) is 0 Å². The Balaban J connectivity index is 3.36. The molecular weight excluding hydrogens is 150 g/mol. The Kier molecular flexibility index (Phi) is 5.73. The zero-order valence-electron chi connectivity index (χ0n) is 6.45. The molecule has 0 bridgehead atoms. The Morgan fingerprint density at radius 1 is 1.64 bits per heavy atom. The maximum atomic E-state index is 10.6. The van der Waals surface area contributed by atoms with E-state index in [1.54, 1.807) is 0 Å². The molecule has 0 aliphatic rings. The van der Waals surface area contributed by atoms with Gasteiger partial charge in [0.05, 0.1) is 6.61 Å². The highest BCUT2D eigenvalue weighted by atomic mass is 16.6. The van der Waals surface area contributed by atoms with Crippen molar-refractivity contribution >= 4 is 5.97 Å². The number of hydrogen-bond acceptors (Lipinski definition) is 5. The molecule has 0 amide bonds. The molecule has 0 fully saturated rings. The van der Waals surface area contributed by atoms with Gasteiger partial charge in [-0.2, -0.15) is 0 Å². The van der Waals surface area contributed by atoms with Gasteiger partial charge in [0.15, 0.2) is 6.10 Å². The lowest BCUT2D eigenvalue weighted by Gasteiger charge is -2.07. The summed E-state index contributed by atoms with van der Waals surface area (Å²) in [6, 6.07) is 0. The van der Waals surface area contributed by atoms with Crippen LogP contribution in [0.5, 0.6) is 0 Å². The second-order valence-electron chi connectivity index (χ2n) is 1.91. The summed E-state index contributed by atoms with van der Waals surface area (Å²) in [5.74, 6) is -0.704. The lowest BCUT2D eigenvalue weighted by molar-refractivity contribution is -0.154. The van der Waals surface area contributed by atoms with Gasteiger partial charge in [-0.05, 0) is 0 Å². The number of esters is 1. The monoisotopic (exact) mass is 163 g/mol. The van der Waals surface area contributed by atoms with Crippen molar-refractivity contribution in [2.45, 2.75) is 6.10 Å².